The minimum absolute atomic E-state index is 0.261. The second-order valence-electron chi connectivity index (χ2n) is 4.73. The first kappa shape index (κ1) is 11.6. The Morgan fingerprint density at radius 2 is 1.68 bits per heavy atom. The molecule has 2 heteroatoms. The summed E-state index contributed by atoms with van der Waals surface area (Å²) < 4.78 is 0. The van der Waals surface area contributed by atoms with Gasteiger partial charge in [0.25, 0.3) is 0 Å². The van der Waals surface area contributed by atoms with Gasteiger partial charge in [-0.15, -0.1) is 0 Å². The van der Waals surface area contributed by atoms with Gasteiger partial charge in [-0.05, 0) is 46.9 Å². The minimum Gasteiger partial charge on any atom is -0.508 e. The molecular formula is C17H14O2. The second kappa shape index (κ2) is 4.32. The lowest BCUT2D eigenvalue weighted by atomic mass is 9.85. The lowest BCUT2D eigenvalue weighted by Gasteiger charge is -2.20. The Kier molecular flexibility index (Phi) is 2.64. The van der Waals surface area contributed by atoms with Gasteiger partial charge in [-0.2, -0.15) is 0 Å². The molecule has 3 rings (SSSR count). The maximum absolute atomic E-state index is 9.90. The zero-order valence-corrected chi connectivity index (χ0v) is 10.4. The molecule has 1 aliphatic rings. The molecule has 0 heterocycles. The first-order valence-corrected chi connectivity index (χ1v) is 6.15. The van der Waals surface area contributed by atoms with E-state index in [1.807, 2.05) is 30.3 Å². The zero-order chi connectivity index (χ0) is 13.4. The Balaban J connectivity index is 2.05. The van der Waals surface area contributed by atoms with Gasteiger partial charge in [0.15, 0.2) is 0 Å². The van der Waals surface area contributed by atoms with Crippen LogP contribution in [0.5, 0.6) is 11.5 Å². The molecule has 0 unspecified atom stereocenters. The number of hydrogen-bond donors (Lipinski definition) is 2. The average Bonchev–Trinajstić information content (AvgIpc) is 2.39. The fraction of sp³-hybridized carbons (Fsp3) is 0.0588. The van der Waals surface area contributed by atoms with Crippen molar-refractivity contribution in [1.29, 1.82) is 0 Å². The number of hydrogen-bond acceptors (Lipinski definition) is 2. The van der Waals surface area contributed by atoms with Gasteiger partial charge >= 0.3 is 0 Å². The van der Waals surface area contributed by atoms with Crippen LogP contribution in [-0.2, 0) is 6.42 Å². The van der Waals surface area contributed by atoms with Crippen molar-refractivity contribution < 1.29 is 10.2 Å². The van der Waals surface area contributed by atoms with Crippen molar-refractivity contribution in [3.05, 3.63) is 71.8 Å². The van der Waals surface area contributed by atoms with E-state index in [4.69, 9.17) is 0 Å². The van der Waals surface area contributed by atoms with Crippen molar-refractivity contribution in [1.82, 2.24) is 0 Å². The molecule has 2 N–H and O–H groups in total. The summed E-state index contributed by atoms with van der Waals surface area (Å²) >= 11 is 0. The molecule has 0 spiro atoms. The van der Waals surface area contributed by atoms with Crippen LogP contribution in [-0.4, -0.2) is 10.2 Å². The standard InChI is InChI=1S/C17H14O2/c1-11-9-14(12-5-7-15(18)8-6-12)10-13-3-2-4-16(19)17(11)13/h2-9,18-19H,1,10H2. The van der Waals surface area contributed by atoms with E-state index in [9.17, 15) is 10.2 Å². The molecule has 0 amide bonds. The van der Waals surface area contributed by atoms with Gasteiger partial charge in [0.1, 0.15) is 11.5 Å². The third-order valence-electron chi connectivity index (χ3n) is 3.42. The van der Waals surface area contributed by atoms with Crippen LogP contribution in [0.1, 0.15) is 16.7 Å². The Morgan fingerprint density at radius 3 is 2.42 bits per heavy atom. The van der Waals surface area contributed by atoms with Crippen molar-refractivity contribution in [2.45, 2.75) is 6.42 Å². The first-order valence-electron chi connectivity index (χ1n) is 6.15. The summed E-state index contributed by atoms with van der Waals surface area (Å²) in [5.41, 5.74) is 4.94. The Morgan fingerprint density at radius 1 is 0.947 bits per heavy atom. The summed E-state index contributed by atoms with van der Waals surface area (Å²) in [6, 6.07) is 12.7. The highest BCUT2D eigenvalue weighted by atomic mass is 16.3. The zero-order valence-electron chi connectivity index (χ0n) is 10.4. The van der Waals surface area contributed by atoms with Gasteiger partial charge in [0.05, 0.1) is 0 Å². The molecule has 1 aliphatic carbocycles. The van der Waals surface area contributed by atoms with Crippen LogP contribution in [0.15, 0.2) is 55.1 Å². The van der Waals surface area contributed by atoms with E-state index in [1.165, 1.54) is 0 Å². The number of benzene rings is 2. The van der Waals surface area contributed by atoms with E-state index < -0.39 is 0 Å². The second-order valence-corrected chi connectivity index (χ2v) is 4.73. The third kappa shape index (κ3) is 2.02. The largest absolute Gasteiger partial charge is 0.508 e. The Labute approximate surface area is 112 Å². The molecule has 0 aliphatic heterocycles. The highest BCUT2D eigenvalue weighted by molar-refractivity contribution is 5.90. The van der Waals surface area contributed by atoms with Gasteiger partial charge in [0.2, 0.25) is 0 Å². The van der Waals surface area contributed by atoms with Crippen LogP contribution in [0.4, 0.5) is 0 Å². The molecule has 0 saturated heterocycles. The number of phenolic OH excluding ortho intramolecular Hbond substituents is 2. The molecule has 2 nitrogen and oxygen atoms in total. The Bertz CT molecular complexity index is 679. The fourth-order valence-electron chi connectivity index (χ4n) is 2.50. The van der Waals surface area contributed by atoms with Gasteiger partial charge in [-0.3, -0.25) is 0 Å². The van der Waals surface area contributed by atoms with Crippen molar-refractivity contribution in [2.24, 2.45) is 0 Å². The van der Waals surface area contributed by atoms with Crippen LogP contribution in [0.3, 0.4) is 0 Å². The fourth-order valence-corrected chi connectivity index (χ4v) is 2.50. The van der Waals surface area contributed by atoms with Gasteiger partial charge in [-0.25, -0.2) is 0 Å². The number of allylic oxidation sites excluding steroid dienone is 3. The van der Waals surface area contributed by atoms with E-state index in [0.29, 0.717) is 0 Å². The summed E-state index contributed by atoms with van der Waals surface area (Å²) in [4.78, 5) is 0. The van der Waals surface area contributed by atoms with Crippen LogP contribution in [0.25, 0.3) is 11.1 Å². The molecule has 94 valence electrons. The summed E-state index contributed by atoms with van der Waals surface area (Å²) in [6.45, 7) is 4.02. The number of phenols is 2. The number of aromatic hydroxyl groups is 2. The molecule has 0 saturated carbocycles. The summed E-state index contributed by atoms with van der Waals surface area (Å²) in [7, 11) is 0. The topological polar surface area (TPSA) is 40.5 Å². The van der Waals surface area contributed by atoms with Crippen LogP contribution in [0, 0.1) is 0 Å². The molecule has 2 aromatic carbocycles. The first-order chi connectivity index (χ1) is 9.15. The van der Waals surface area contributed by atoms with Crippen molar-refractivity contribution in [3.63, 3.8) is 0 Å². The van der Waals surface area contributed by atoms with E-state index in [0.717, 1.165) is 34.3 Å². The van der Waals surface area contributed by atoms with Crippen molar-refractivity contribution >= 4 is 11.1 Å². The highest BCUT2D eigenvalue weighted by Gasteiger charge is 2.17. The van der Waals surface area contributed by atoms with Crippen LogP contribution < -0.4 is 0 Å². The van der Waals surface area contributed by atoms with Crippen molar-refractivity contribution in [2.75, 3.05) is 0 Å². The van der Waals surface area contributed by atoms with Crippen LogP contribution in [0.2, 0.25) is 0 Å². The lowest BCUT2D eigenvalue weighted by molar-refractivity contribution is 0.473. The van der Waals surface area contributed by atoms with Gasteiger partial charge in [-0.1, -0.05) is 36.9 Å². The predicted octanol–water partition coefficient (Wildman–Crippen LogP) is 3.75. The molecule has 0 fully saturated rings. The quantitative estimate of drug-likeness (QED) is 0.809. The highest BCUT2D eigenvalue weighted by Crippen LogP contribution is 2.37. The smallest absolute Gasteiger partial charge is 0.123 e. The normalized spacial score (nSPS) is 13.9. The molecule has 0 radical (unpaired) electrons. The summed E-state index contributed by atoms with van der Waals surface area (Å²) in [5, 5.41) is 19.2. The van der Waals surface area contributed by atoms with Crippen molar-refractivity contribution in [3.8, 4) is 11.5 Å². The van der Waals surface area contributed by atoms with E-state index in [-0.39, 0.29) is 11.5 Å². The predicted molar refractivity (Wildman–Crippen MR) is 76.9 cm³/mol. The maximum atomic E-state index is 9.90. The van der Waals surface area contributed by atoms with Gasteiger partial charge in [0, 0.05) is 5.56 Å². The van der Waals surface area contributed by atoms with Crippen LogP contribution >= 0.6 is 0 Å². The average molecular weight is 250 g/mol. The Hall–Kier alpha value is -2.48. The molecular weight excluding hydrogens is 236 g/mol. The molecule has 19 heavy (non-hydrogen) atoms. The summed E-state index contributed by atoms with van der Waals surface area (Å²) in [6.07, 6.45) is 2.75. The maximum Gasteiger partial charge on any atom is 0.123 e. The van der Waals surface area contributed by atoms with Gasteiger partial charge < -0.3 is 10.2 Å². The lowest BCUT2D eigenvalue weighted by Crippen LogP contribution is -2.01. The van der Waals surface area contributed by atoms with E-state index in [1.54, 1.807) is 18.2 Å². The molecule has 0 bridgehead atoms. The van der Waals surface area contributed by atoms with E-state index in [2.05, 4.69) is 6.58 Å². The number of rotatable bonds is 1. The molecule has 0 atom stereocenters. The molecule has 0 aromatic heterocycles. The minimum atomic E-state index is 0.261. The van der Waals surface area contributed by atoms with E-state index >= 15 is 0 Å². The SMILES string of the molecule is C=C1C=C(c2ccc(O)cc2)Cc2cccc(O)c21. The molecule has 2 aromatic rings. The monoisotopic (exact) mass is 250 g/mol. The third-order valence-corrected chi connectivity index (χ3v) is 3.42. The number of fused-ring (bicyclic) bond motifs is 1. The summed E-state index contributed by atoms with van der Waals surface area (Å²) in [5.74, 6) is 0.542.